The first-order valence-corrected chi connectivity index (χ1v) is 6.32. The van der Waals surface area contributed by atoms with Crippen molar-refractivity contribution in [1.82, 2.24) is 15.0 Å². The molecule has 4 nitrogen and oxygen atoms in total. The lowest BCUT2D eigenvalue weighted by atomic mass is 10.2. The molecule has 0 fully saturated rings. The number of alkyl halides is 3. The molecule has 0 aliphatic rings. The maximum absolute atomic E-state index is 12.7. The van der Waals surface area contributed by atoms with Gasteiger partial charge in [0.1, 0.15) is 5.69 Å². The monoisotopic (exact) mass is 287 g/mol. The van der Waals surface area contributed by atoms with E-state index in [1.54, 1.807) is 6.26 Å². The van der Waals surface area contributed by atoms with Crippen molar-refractivity contribution in [2.45, 2.75) is 11.3 Å². The number of thioether (sulfide) groups is 1. The number of nitrogens with one attached hydrogen (secondary N) is 1. The maximum atomic E-state index is 12.7. The molecule has 2 heterocycles. The molecule has 0 unspecified atom stereocenters. The summed E-state index contributed by atoms with van der Waals surface area (Å²) >= 11 is 0.979. The van der Waals surface area contributed by atoms with Crippen LogP contribution in [0.2, 0.25) is 0 Å². The molecule has 2 aromatic rings. The lowest BCUT2D eigenvalue weighted by molar-refractivity contribution is -0.141. The predicted octanol–water partition coefficient (Wildman–Crippen LogP) is 2.57. The third-order valence-corrected chi connectivity index (χ3v) is 2.82. The van der Waals surface area contributed by atoms with Gasteiger partial charge in [-0.3, -0.25) is 4.79 Å². The van der Waals surface area contributed by atoms with Crippen LogP contribution in [0.15, 0.2) is 34.3 Å². The highest BCUT2D eigenvalue weighted by Crippen LogP contribution is 2.30. The first kappa shape index (κ1) is 13.6. The van der Waals surface area contributed by atoms with Crippen LogP contribution in [0.5, 0.6) is 0 Å². The van der Waals surface area contributed by atoms with E-state index in [1.165, 1.54) is 18.3 Å². The van der Waals surface area contributed by atoms with Crippen LogP contribution in [-0.2, 0) is 6.18 Å². The van der Waals surface area contributed by atoms with E-state index in [9.17, 15) is 18.0 Å². The first-order chi connectivity index (χ1) is 8.91. The van der Waals surface area contributed by atoms with E-state index in [-0.39, 0.29) is 16.4 Å². The number of hydrogen-bond donors (Lipinski definition) is 1. The average molecular weight is 287 g/mol. The standard InChI is InChI=1S/C11H8F3N3OS/c1-19-10-16-7(5-8(17-10)11(12,13)14)6-3-2-4-15-9(6)18/h2-5H,1H3,(H,15,18). The van der Waals surface area contributed by atoms with Crippen LogP contribution in [-0.4, -0.2) is 21.2 Å². The smallest absolute Gasteiger partial charge is 0.329 e. The highest BCUT2D eigenvalue weighted by atomic mass is 32.2. The van der Waals surface area contributed by atoms with Gasteiger partial charge in [0.05, 0.1) is 11.3 Å². The Hall–Kier alpha value is -1.83. The van der Waals surface area contributed by atoms with Gasteiger partial charge in [0.25, 0.3) is 5.56 Å². The third kappa shape index (κ3) is 2.95. The van der Waals surface area contributed by atoms with Crippen LogP contribution in [0.4, 0.5) is 13.2 Å². The maximum Gasteiger partial charge on any atom is 0.433 e. The highest BCUT2D eigenvalue weighted by Gasteiger charge is 2.33. The molecule has 0 bridgehead atoms. The number of nitrogens with zero attached hydrogens (tertiary/aromatic N) is 2. The SMILES string of the molecule is CSc1nc(-c2ccc[nH]c2=O)cc(C(F)(F)F)n1. The molecule has 0 aromatic carbocycles. The van der Waals surface area contributed by atoms with Gasteiger partial charge in [0.2, 0.25) is 0 Å². The topological polar surface area (TPSA) is 58.6 Å². The van der Waals surface area contributed by atoms with Crippen LogP contribution in [0.1, 0.15) is 5.69 Å². The summed E-state index contributed by atoms with van der Waals surface area (Å²) in [5.41, 5.74) is -1.54. The van der Waals surface area contributed by atoms with Crippen molar-refractivity contribution >= 4 is 11.8 Å². The zero-order valence-electron chi connectivity index (χ0n) is 9.65. The van der Waals surface area contributed by atoms with Crippen molar-refractivity contribution < 1.29 is 13.2 Å². The van der Waals surface area contributed by atoms with Crippen molar-refractivity contribution in [2.24, 2.45) is 0 Å². The molecular formula is C11H8F3N3OS. The molecule has 0 aliphatic heterocycles. The van der Waals surface area contributed by atoms with E-state index in [0.29, 0.717) is 0 Å². The Balaban J connectivity index is 2.65. The van der Waals surface area contributed by atoms with Crippen molar-refractivity contribution in [1.29, 1.82) is 0 Å². The molecule has 1 N–H and O–H groups in total. The number of hydrogen-bond acceptors (Lipinski definition) is 4. The number of H-pyrrole nitrogens is 1. The van der Waals surface area contributed by atoms with Crippen LogP contribution in [0.3, 0.4) is 0 Å². The Morgan fingerprint density at radius 3 is 2.63 bits per heavy atom. The Bertz CT molecular complexity index is 654. The van der Waals surface area contributed by atoms with Gasteiger partial charge in [0.15, 0.2) is 5.16 Å². The molecule has 0 spiro atoms. The van der Waals surface area contributed by atoms with Gasteiger partial charge in [-0.1, -0.05) is 11.8 Å². The number of aromatic nitrogens is 3. The van der Waals surface area contributed by atoms with E-state index >= 15 is 0 Å². The molecule has 0 amide bonds. The molecule has 100 valence electrons. The summed E-state index contributed by atoms with van der Waals surface area (Å²) in [6, 6.07) is 3.70. The summed E-state index contributed by atoms with van der Waals surface area (Å²) < 4.78 is 38.1. The van der Waals surface area contributed by atoms with E-state index in [0.717, 1.165) is 17.8 Å². The first-order valence-electron chi connectivity index (χ1n) is 5.10. The number of halogens is 3. The Kier molecular flexibility index (Phi) is 3.61. The number of rotatable bonds is 2. The summed E-state index contributed by atoms with van der Waals surface area (Å²) in [6.07, 6.45) is -1.62. The molecule has 0 saturated heterocycles. The van der Waals surface area contributed by atoms with Crippen molar-refractivity contribution in [2.75, 3.05) is 6.26 Å². The van der Waals surface area contributed by atoms with Gasteiger partial charge in [-0.25, -0.2) is 9.97 Å². The fraction of sp³-hybridized carbons (Fsp3) is 0.182. The average Bonchev–Trinajstić information content (AvgIpc) is 2.37. The second-order valence-electron chi connectivity index (χ2n) is 3.54. The lowest BCUT2D eigenvalue weighted by Crippen LogP contribution is -2.13. The summed E-state index contributed by atoms with van der Waals surface area (Å²) in [5, 5.41) is -0.0342. The summed E-state index contributed by atoms with van der Waals surface area (Å²) in [6.45, 7) is 0. The Labute approximate surface area is 110 Å². The minimum absolute atomic E-state index is 0.0342. The molecular weight excluding hydrogens is 279 g/mol. The Morgan fingerprint density at radius 2 is 2.05 bits per heavy atom. The Morgan fingerprint density at radius 1 is 1.32 bits per heavy atom. The highest BCUT2D eigenvalue weighted by molar-refractivity contribution is 7.98. The predicted molar refractivity (Wildman–Crippen MR) is 64.9 cm³/mol. The molecule has 19 heavy (non-hydrogen) atoms. The molecule has 0 radical (unpaired) electrons. The van der Waals surface area contributed by atoms with Gasteiger partial charge in [0, 0.05) is 6.20 Å². The lowest BCUT2D eigenvalue weighted by Gasteiger charge is -2.09. The normalized spacial score (nSPS) is 11.6. The minimum atomic E-state index is -4.58. The molecule has 0 atom stereocenters. The zero-order chi connectivity index (χ0) is 14.0. The molecule has 0 saturated carbocycles. The van der Waals surface area contributed by atoms with Gasteiger partial charge >= 0.3 is 6.18 Å². The summed E-state index contributed by atoms with van der Waals surface area (Å²) in [7, 11) is 0. The van der Waals surface area contributed by atoms with Gasteiger partial charge in [-0.2, -0.15) is 13.2 Å². The molecule has 2 rings (SSSR count). The number of pyridine rings is 1. The molecule has 0 aliphatic carbocycles. The fourth-order valence-corrected chi connectivity index (χ4v) is 1.80. The van der Waals surface area contributed by atoms with Crippen LogP contribution < -0.4 is 5.56 Å². The minimum Gasteiger partial charge on any atom is -0.329 e. The third-order valence-electron chi connectivity index (χ3n) is 2.27. The second kappa shape index (κ2) is 5.04. The summed E-state index contributed by atoms with van der Waals surface area (Å²) in [4.78, 5) is 21.3. The van der Waals surface area contributed by atoms with E-state index in [1.807, 2.05) is 0 Å². The van der Waals surface area contributed by atoms with Crippen molar-refractivity contribution in [3.05, 3.63) is 40.4 Å². The van der Waals surface area contributed by atoms with E-state index in [4.69, 9.17) is 0 Å². The largest absolute Gasteiger partial charge is 0.433 e. The van der Waals surface area contributed by atoms with E-state index < -0.39 is 17.4 Å². The van der Waals surface area contributed by atoms with Gasteiger partial charge in [-0.15, -0.1) is 0 Å². The zero-order valence-corrected chi connectivity index (χ0v) is 10.5. The number of aromatic amines is 1. The quantitative estimate of drug-likeness (QED) is 0.681. The second-order valence-corrected chi connectivity index (χ2v) is 4.31. The summed E-state index contributed by atoms with van der Waals surface area (Å²) in [5.74, 6) is 0. The van der Waals surface area contributed by atoms with Crippen molar-refractivity contribution in [3.63, 3.8) is 0 Å². The van der Waals surface area contributed by atoms with Crippen LogP contribution in [0, 0.1) is 0 Å². The molecule has 2 aromatic heterocycles. The van der Waals surface area contributed by atoms with Gasteiger partial charge < -0.3 is 4.98 Å². The van der Waals surface area contributed by atoms with Crippen LogP contribution >= 0.6 is 11.8 Å². The van der Waals surface area contributed by atoms with E-state index in [2.05, 4.69) is 15.0 Å². The van der Waals surface area contributed by atoms with Crippen LogP contribution in [0.25, 0.3) is 11.3 Å². The molecule has 8 heteroatoms. The van der Waals surface area contributed by atoms with Gasteiger partial charge in [-0.05, 0) is 24.5 Å². The fourth-order valence-electron chi connectivity index (χ4n) is 1.42. The van der Waals surface area contributed by atoms with Crippen molar-refractivity contribution in [3.8, 4) is 11.3 Å².